The van der Waals surface area contributed by atoms with E-state index in [0.717, 1.165) is 10.0 Å². The monoisotopic (exact) mass is 487 g/mol. The van der Waals surface area contributed by atoms with Gasteiger partial charge in [-0.1, -0.05) is 0 Å². The predicted octanol–water partition coefficient (Wildman–Crippen LogP) is 2.52. The summed E-state index contributed by atoms with van der Waals surface area (Å²) in [5.41, 5.74) is 6.79. The van der Waals surface area contributed by atoms with Gasteiger partial charge in [-0.15, -0.1) is 24.0 Å². The summed E-state index contributed by atoms with van der Waals surface area (Å²) in [4.78, 5) is 4.30. The van der Waals surface area contributed by atoms with Gasteiger partial charge in [0.1, 0.15) is 0 Å². The molecule has 1 aromatic carbocycles. The molecule has 8 heteroatoms. The normalized spacial score (nSPS) is 12.3. The summed E-state index contributed by atoms with van der Waals surface area (Å²) < 4.78 is 16.4. The highest BCUT2D eigenvalue weighted by Gasteiger charge is 2.10. The van der Waals surface area contributed by atoms with Gasteiger partial charge in [-0.05, 0) is 40.5 Å². The van der Waals surface area contributed by atoms with Gasteiger partial charge in [-0.2, -0.15) is 0 Å². The first-order valence-corrected chi connectivity index (χ1v) is 7.26. The van der Waals surface area contributed by atoms with Crippen molar-refractivity contribution < 1.29 is 14.2 Å². The van der Waals surface area contributed by atoms with E-state index in [1.54, 1.807) is 21.3 Å². The van der Waals surface area contributed by atoms with E-state index in [0.29, 0.717) is 30.6 Å². The van der Waals surface area contributed by atoms with Crippen LogP contribution in [-0.2, 0) is 11.3 Å². The van der Waals surface area contributed by atoms with Gasteiger partial charge >= 0.3 is 0 Å². The zero-order chi connectivity index (χ0) is 15.8. The van der Waals surface area contributed by atoms with Crippen molar-refractivity contribution in [2.75, 3.05) is 27.9 Å². The smallest absolute Gasteiger partial charge is 0.189 e. The summed E-state index contributed by atoms with van der Waals surface area (Å²) >= 11 is 3.45. The van der Waals surface area contributed by atoms with Crippen LogP contribution in [-0.4, -0.2) is 39.9 Å². The minimum atomic E-state index is 0. The van der Waals surface area contributed by atoms with Crippen molar-refractivity contribution in [1.29, 1.82) is 0 Å². The maximum absolute atomic E-state index is 5.83. The zero-order valence-electron chi connectivity index (χ0n) is 13.2. The molecule has 0 aliphatic carbocycles. The Hall–Kier alpha value is -0.740. The SMILES string of the molecule is COCC(C)NC(N)=NCc1cc(Br)c(OC)c(OC)c1.I. The van der Waals surface area contributed by atoms with Crippen LogP contribution >= 0.6 is 39.9 Å². The number of halogens is 2. The van der Waals surface area contributed by atoms with E-state index in [2.05, 4.69) is 26.2 Å². The van der Waals surface area contributed by atoms with Crippen molar-refractivity contribution in [1.82, 2.24) is 5.32 Å². The van der Waals surface area contributed by atoms with Gasteiger partial charge in [-0.25, -0.2) is 4.99 Å². The van der Waals surface area contributed by atoms with Gasteiger partial charge in [0.2, 0.25) is 0 Å². The molecule has 1 aromatic rings. The molecule has 1 atom stereocenters. The fraction of sp³-hybridized carbons (Fsp3) is 0.500. The van der Waals surface area contributed by atoms with Crippen LogP contribution in [0.1, 0.15) is 12.5 Å². The molecule has 0 amide bonds. The third-order valence-corrected chi connectivity index (χ3v) is 3.33. The average Bonchev–Trinajstić information content (AvgIpc) is 2.44. The number of methoxy groups -OCH3 is 3. The van der Waals surface area contributed by atoms with Gasteiger partial charge in [0, 0.05) is 13.2 Å². The molecule has 3 N–H and O–H groups in total. The molecular weight excluding hydrogens is 465 g/mol. The third-order valence-electron chi connectivity index (χ3n) is 2.74. The highest BCUT2D eigenvalue weighted by Crippen LogP contribution is 2.36. The van der Waals surface area contributed by atoms with Crippen LogP contribution in [0.2, 0.25) is 0 Å². The number of guanidine groups is 1. The number of nitrogens with zero attached hydrogens (tertiary/aromatic N) is 1. The van der Waals surface area contributed by atoms with E-state index in [9.17, 15) is 0 Å². The molecule has 0 radical (unpaired) electrons. The van der Waals surface area contributed by atoms with E-state index >= 15 is 0 Å². The topological polar surface area (TPSA) is 78.1 Å². The molecular formula is C14H23BrIN3O3. The maximum atomic E-state index is 5.83. The lowest BCUT2D eigenvalue weighted by Gasteiger charge is -2.14. The summed E-state index contributed by atoms with van der Waals surface area (Å²) in [6.45, 7) is 2.98. The number of nitrogens with one attached hydrogen (secondary N) is 1. The summed E-state index contributed by atoms with van der Waals surface area (Å²) in [5, 5.41) is 3.05. The van der Waals surface area contributed by atoms with E-state index in [4.69, 9.17) is 19.9 Å². The summed E-state index contributed by atoms with van der Waals surface area (Å²) in [6.07, 6.45) is 0. The molecule has 1 unspecified atom stereocenters. The quantitative estimate of drug-likeness (QED) is 0.351. The second-order valence-electron chi connectivity index (χ2n) is 4.52. The second kappa shape index (κ2) is 10.9. The molecule has 0 fully saturated rings. The Bertz CT molecular complexity index is 500. The second-order valence-corrected chi connectivity index (χ2v) is 5.37. The molecule has 1 rings (SSSR count). The molecule has 126 valence electrons. The Morgan fingerprint density at radius 2 is 2.00 bits per heavy atom. The molecule has 0 saturated carbocycles. The molecule has 0 heterocycles. The fourth-order valence-corrected chi connectivity index (χ4v) is 2.48. The van der Waals surface area contributed by atoms with E-state index < -0.39 is 0 Å². The Morgan fingerprint density at radius 1 is 1.32 bits per heavy atom. The van der Waals surface area contributed by atoms with E-state index in [-0.39, 0.29) is 30.0 Å². The first-order chi connectivity index (χ1) is 10.0. The number of hydrogen-bond acceptors (Lipinski definition) is 4. The molecule has 0 bridgehead atoms. The number of aliphatic imine (C=N–C) groups is 1. The van der Waals surface area contributed by atoms with Crippen LogP contribution in [0.15, 0.2) is 21.6 Å². The van der Waals surface area contributed by atoms with Crippen molar-refractivity contribution in [3.8, 4) is 11.5 Å². The summed E-state index contributed by atoms with van der Waals surface area (Å²) in [6, 6.07) is 3.91. The lowest BCUT2D eigenvalue weighted by Crippen LogP contribution is -2.40. The van der Waals surface area contributed by atoms with Crippen molar-refractivity contribution in [2.45, 2.75) is 19.5 Å². The van der Waals surface area contributed by atoms with Crippen LogP contribution in [0.3, 0.4) is 0 Å². The van der Waals surface area contributed by atoms with Crippen molar-refractivity contribution in [3.63, 3.8) is 0 Å². The molecule has 0 aliphatic heterocycles. The van der Waals surface area contributed by atoms with Gasteiger partial charge in [0.15, 0.2) is 17.5 Å². The lowest BCUT2D eigenvalue weighted by atomic mass is 10.2. The maximum Gasteiger partial charge on any atom is 0.189 e. The Morgan fingerprint density at radius 3 is 2.55 bits per heavy atom. The average molecular weight is 488 g/mol. The number of hydrogen-bond donors (Lipinski definition) is 2. The van der Waals surface area contributed by atoms with Gasteiger partial charge in [0.05, 0.1) is 31.8 Å². The van der Waals surface area contributed by atoms with E-state index in [1.807, 2.05) is 19.1 Å². The molecule has 0 aliphatic rings. The molecule has 0 saturated heterocycles. The van der Waals surface area contributed by atoms with Crippen LogP contribution in [0.4, 0.5) is 0 Å². The Balaban J connectivity index is 0.00000441. The fourth-order valence-electron chi connectivity index (χ4n) is 1.83. The van der Waals surface area contributed by atoms with Crippen molar-refractivity contribution in [3.05, 3.63) is 22.2 Å². The van der Waals surface area contributed by atoms with Gasteiger partial charge in [-0.3, -0.25) is 0 Å². The van der Waals surface area contributed by atoms with Crippen LogP contribution < -0.4 is 20.5 Å². The summed E-state index contributed by atoms with van der Waals surface area (Å²) in [5.74, 6) is 1.69. The van der Waals surface area contributed by atoms with Crippen molar-refractivity contribution >= 4 is 45.9 Å². The van der Waals surface area contributed by atoms with Crippen LogP contribution in [0.5, 0.6) is 11.5 Å². The van der Waals surface area contributed by atoms with Crippen LogP contribution in [0.25, 0.3) is 0 Å². The molecule has 0 aromatic heterocycles. The predicted molar refractivity (Wildman–Crippen MR) is 102 cm³/mol. The van der Waals surface area contributed by atoms with E-state index in [1.165, 1.54) is 0 Å². The first kappa shape index (κ1) is 21.3. The van der Waals surface area contributed by atoms with Gasteiger partial charge < -0.3 is 25.3 Å². The standard InChI is InChI=1S/C14H22BrN3O3.HI/c1-9(8-19-2)18-14(16)17-7-10-5-11(15)13(21-4)12(6-10)20-3;/h5-6,9H,7-8H2,1-4H3,(H3,16,17,18);1H. The highest BCUT2D eigenvalue weighted by atomic mass is 127. The zero-order valence-corrected chi connectivity index (χ0v) is 17.1. The highest BCUT2D eigenvalue weighted by molar-refractivity contribution is 14.0. The largest absolute Gasteiger partial charge is 0.493 e. The molecule has 0 spiro atoms. The lowest BCUT2D eigenvalue weighted by molar-refractivity contribution is 0.179. The van der Waals surface area contributed by atoms with Crippen LogP contribution in [0, 0.1) is 0 Å². The number of benzene rings is 1. The number of nitrogens with two attached hydrogens (primary N) is 1. The third kappa shape index (κ3) is 6.57. The minimum Gasteiger partial charge on any atom is -0.493 e. The molecule has 6 nitrogen and oxygen atoms in total. The minimum absolute atomic E-state index is 0. The Kier molecular flexibility index (Phi) is 10.5. The molecule has 22 heavy (non-hydrogen) atoms. The summed E-state index contributed by atoms with van der Waals surface area (Å²) in [7, 11) is 4.84. The first-order valence-electron chi connectivity index (χ1n) is 6.47. The number of ether oxygens (including phenoxy) is 3. The van der Waals surface area contributed by atoms with Crippen molar-refractivity contribution in [2.24, 2.45) is 10.7 Å². The number of rotatable bonds is 7. The Labute approximate surface area is 156 Å². The van der Waals surface area contributed by atoms with Gasteiger partial charge in [0.25, 0.3) is 0 Å².